The number of hydrogen-bond acceptors (Lipinski definition) is 2. The van der Waals surface area contributed by atoms with Gasteiger partial charge in [-0.3, -0.25) is 9.89 Å². The molecule has 4 rings (SSSR count). The van der Waals surface area contributed by atoms with E-state index >= 15 is 0 Å². The molecule has 1 fully saturated rings. The van der Waals surface area contributed by atoms with E-state index in [0.29, 0.717) is 16.0 Å². The number of amides is 1. The topological polar surface area (TPSA) is 49.0 Å². The highest BCUT2D eigenvalue weighted by atomic mass is 35.5. The zero-order valence-electron chi connectivity index (χ0n) is 15.6. The summed E-state index contributed by atoms with van der Waals surface area (Å²) in [5, 5.41) is 8.57. The van der Waals surface area contributed by atoms with Gasteiger partial charge in [-0.2, -0.15) is 5.10 Å². The van der Waals surface area contributed by atoms with Crippen LogP contribution in [-0.4, -0.2) is 34.1 Å². The molecule has 0 spiro atoms. The third-order valence-electron chi connectivity index (χ3n) is 5.30. The summed E-state index contributed by atoms with van der Waals surface area (Å²) in [6.45, 7) is 3.92. The molecule has 0 bridgehead atoms. The Labute approximate surface area is 174 Å². The highest BCUT2D eigenvalue weighted by Gasteiger charge is 2.21. The fourth-order valence-electron chi connectivity index (χ4n) is 3.49. The van der Waals surface area contributed by atoms with Crippen LogP contribution >= 0.6 is 23.2 Å². The van der Waals surface area contributed by atoms with Crippen LogP contribution in [0.15, 0.2) is 48.5 Å². The summed E-state index contributed by atoms with van der Waals surface area (Å²) in [7, 11) is 0. The number of aromatic amines is 1. The van der Waals surface area contributed by atoms with Crippen LogP contribution in [0.1, 0.15) is 30.1 Å². The van der Waals surface area contributed by atoms with Gasteiger partial charge in [0.05, 0.1) is 16.4 Å². The van der Waals surface area contributed by atoms with Crippen molar-refractivity contribution in [1.82, 2.24) is 15.1 Å². The number of benzene rings is 2. The maximum absolute atomic E-state index is 12.7. The minimum atomic E-state index is 0.106. The summed E-state index contributed by atoms with van der Waals surface area (Å²) < 4.78 is 0. The summed E-state index contributed by atoms with van der Waals surface area (Å²) in [6.07, 6.45) is 2.15. The second kappa shape index (κ2) is 7.98. The van der Waals surface area contributed by atoms with Crippen molar-refractivity contribution in [2.45, 2.75) is 19.8 Å². The average Bonchev–Trinajstić information content (AvgIpc) is 3.18. The van der Waals surface area contributed by atoms with Gasteiger partial charge in [0.1, 0.15) is 0 Å². The largest absolute Gasteiger partial charge is 0.339 e. The molecule has 1 N–H and O–H groups in total. The standard InChI is InChI=1S/C22H21Cl2N3O/c1-14-8-10-27(11-9-14)22(28)16-4-2-15(3-5-16)20-13-21(26-25-20)18-7-6-17(23)12-19(18)24/h2-7,12-14H,8-11H2,1H3,(H,25,26). The number of piperidine rings is 1. The van der Waals surface area contributed by atoms with E-state index in [2.05, 4.69) is 17.1 Å². The molecule has 0 aliphatic carbocycles. The summed E-state index contributed by atoms with van der Waals surface area (Å²) in [5.74, 6) is 0.809. The third kappa shape index (κ3) is 3.94. The molecule has 1 aromatic heterocycles. The van der Waals surface area contributed by atoms with E-state index in [1.54, 1.807) is 12.1 Å². The molecule has 3 aromatic rings. The summed E-state index contributed by atoms with van der Waals surface area (Å²) in [4.78, 5) is 14.6. The number of likely N-dealkylation sites (tertiary alicyclic amines) is 1. The van der Waals surface area contributed by atoms with Crippen LogP contribution in [0, 0.1) is 5.92 Å². The lowest BCUT2D eigenvalue weighted by molar-refractivity contribution is 0.0697. The van der Waals surface area contributed by atoms with E-state index in [4.69, 9.17) is 23.2 Å². The highest BCUT2D eigenvalue weighted by molar-refractivity contribution is 6.36. The number of aromatic nitrogens is 2. The van der Waals surface area contributed by atoms with Gasteiger partial charge >= 0.3 is 0 Å². The molecule has 0 atom stereocenters. The quantitative estimate of drug-likeness (QED) is 0.578. The fourth-order valence-corrected chi connectivity index (χ4v) is 4.00. The molecule has 0 radical (unpaired) electrons. The van der Waals surface area contributed by atoms with Crippen molar-refractivity contribution in [2.75, 3.05) is 13.1 Å². The second-order valence-electron chi connectivity index (χ2n) is 7.34. The van der Waals surface area contributed by atoms with Crippen LogP contribution in [0.3, 0.4) is 0 Å². The highest BCUT2D eigenvalue weighted by Crippen LogP contribution is 2.31. The Morgan fingerprint density at radius 3 is 2.46 bits per heavy atom. The van der Waals surface area contributed by atoms with E-state index in [9.17, 15) is 4.79 Å². The van der Waals surface area contributed by atoms with E-state index in [-0.39, 0.29) is 5.91 Å². The summed E-state index contributed by atoms with van der Waals surface area (Å²) in [6, 6.07) is 14.9. The normalized spacial score (nSPS) is 15.0. The number of carbonyl (C=O) groups excluding carboxylic acids is 1. The van der Waals surface area contributed by atoms with Gasteiger partial charge in [0.2, 0.25) is 0 Å². The molecular formula is C22H21Cl2N3O. The number of H-pyrrole nitrogens is 1. The minimum absolute atomic E-state index is 0.106. The van der Waals surface area contributed by atoms with Crippen LogP contribution in [0.4, 0.5) is 0 Å². The van der Waals surface area contributed by atoms with Gasteiger partial charge in [0.25, 0.3) is 5.91 Å². The molecule has 144 valence electrons. The molecule has 6 heteroatoms. The molecule has 1 amide bonds. The molecule has 4 nitrogen and oxygen atoms in total. The van der Waals surface area contributed by atoms with Crippen LogP contribution in [0.5, 0.6) is 0 Å². The Bertz CT molecular complexity index is 989. The van der Waals surface area contributed by atoms with Gasteiger partial charge in [0, 0.05) is 34.8 Å². The van der Waals surface area contributed by atoms with E-state index in [1.807, 2.05) is 41.3 Å². The molecule has 0 saturated carbocycles. The molecule has 1 aliphatic rings. The van der Waals surface area contributed by atoms with Gasteiger partial charge < -0.3 is 4.90 Å². The first-order valence-corrected chi connectivity index (χ1v) is 10.2. The summed E-state index contributed by atoms with van der Waals surface area (Å²) >= 11 is 12.3. The first-order valence-electron chi connectivity index (χ1n) is 9.42. The van der Waals surface area contributed by atoms with Gasteiger partial charge in [-0.25, -0.2) is 0 Å². The Hall–Kier alpha value is -2.30. The monoisotopic (exact) mass is 413 g/mol. The minimum Gasteiger partial charge on any atom is -0.339 e. The van der Waals surface area contributed by atoms with Gasteiger partial charge in [0.15, 0.2) is 0 Å². The van der Waals surface area contributed by atoms with Crippen molar-refractivity contribution in [2.24, 2.45) is 5.92 Å². The molecule has 1 aliphatic heterocycles. The Morgan fingerprint density at radius 1 is 1.07 bits per heavy atom. The summed E-state index contributed by atoms with van der Waals surface area (Å²) in [5.41, 5.74) is 4.12. The molecule has 2 aromatic carbocycles. The van der Waals surface area contributed by atoms with Crippen molar-refractivity contribution in [3.8, 4) is 22.5 Å². The van der Waals surface area contributed by atoms with Crippen LogP contribution < -0.4 is 0 Å². The number of nitrogens with one attached hydrogen (secondary N) is 1. The first kappa shape index (κ1) is 19.0. The molecule has 28 heavy (non-hydrogen) atoms. The second-order valence-corrected chi connectivity index (χ2v) is 8.19. The number of hydrogen-bond donors (Lipinski definition) is 1. The smallest absolute Gasteiger partial charge is 0.253 e. The van der Waals surface area contributed by atoms with Crippen LogP contribution in [-0.2, 0) is 0 Å². The fraction of sp³-hybridized carbons (Fsp3) is 0.273. The van der Waals surface area contributed by atoms with Crippen molar-refractivity contribution in [3.05, 3.63) is 64.1 Å². The maximum atomic E-state index is 12.7. The van der Waals surface area contributed by atoms with Crippen molar-refractivity contribution in [3.63, 3.8) is 0 Å². The number of halogens is 2. The SMILES string of the molecule is CC1CCN(C(=O)c2ccc(-c3cc(-c4ccc(Cl)cc4Cl)[nH]n3)cc2)CC1. The molecule has 0 unspecified atom stereocenters. The lowest BCUT2D eigenvalue weighted by Gasteiger charge is -2.30. The molecule has 1 saturated heterocycles. The van der Waals surface area contributed by atoms with Crippen molar-refractivity contribution in [1.29, 1.82) is 0 Å². The van der Waals surface area contributed by atoms with Crippen LogP contribution in [0.25, 0.3) is 22.5 Å². The van der Waals surface area contributed by atoms with E-state index < -0.39 is 0 Å². The third-order valence-corrected chi connectivity index (χ3v) is 5.85. The van der Waals surface area contributed by atoms with E-state index in [1.165, 1.54) is 0 Å². The zero-order chi connectivity index (χ0) is 19.7. The van der Waals surface area contributed by atoms with Crippen molar-refractivity contribution >= 4 is 29.1 Å². The Morgan fingerprint density at radius 2 is 1.79 bits per heavy atom. The predicted molar refractivity (Wildman–Crippen MR) is 114 cm³/mol. The number of rotatable bonds is 3. The zero-order valence-corrected chi connectivity index (χ0v) is 17.1. The lowest BCUT2D eigenvalue weighted by Crippen LogP contribution is -2.37. The Balaban J connectivity index is 1.51. The van der Waals surface area contributed by atoms with Gasteiger partial charge in [-0.1, -0.05) is 42.3 Å². The molecule has 2 heterocycles. The lowest BCUT2D eigenvalue weighted by atomic mass is 9.98. The average molecular weight is 414 g/mol. The van der Waals surface area contributed by atoms with Crippen molar-refractivity contribution < 1.29 is 4.79 Å². The Kier molecular flexibility index (Phi) is 5.42. The molecular weight excluding hydrogens is 393 g/mol. The number of carbonyl (C=O) groups is 1. The van der Waals surface area contributed by atoms with Crippen LogP contribution in [0.2, 0.25) is 10.0 Å². The van der Waals surface area contributed by atoms with Gasteiger partial charge in [-0.05, 0) is 55.2 Å². The predicted octanol–water partition coefficient (Wildman–Crippen LogP) is 5.92. The van der Waals surface area contributed by atoms with E-state index in [0.717, 1.165) is 54.0 Å². The van der Waals surface area contributed by atoms with Gasteiger partial charge in [-0.15, -0.1) is 0 Å². The number of nitrogens with zero attached hydrogens (tertiary/aromatic N) is 2. The first-order chi connectivity index (χ1) is 13.5. The maximum Gasteiger partial charge on any atom is 0.253 e.